The van der Waals surface area contributed by atoms with Crippen LogP contribution in [0.25, 0.3) is 22.0 Å². The fraction of sp³-hybridized carbons (Fsp3) is 0.414. The molecule has 0 aliphatic carbocycles. The molecule has 1 fully saturated rings. The van der Waals surface area contributed by atoms with Gasteiger partial charge < -0.3 is 18.9 Å². The summed E-state index contributed by atoms with van der Waals surface area (Å²) in [6, 6.07) is 9.92. The molecule has 38 heavy (non-hydrogen) atoms. The lowest BCUT2D eigenvalue weighted by Gasteiger charge is -2.29. The first-order valence-corrected chi connectivity index (χ1v) is 13.2. The van der Waals surface area contributed by atoms with E-state index < -0.39 is 18.2 Å². The summed E-state index contributed by atoms with van der Waals surface area (Å²) in [4.78, 5) is 20.0. The number of benzene rings is 2. The van der Waals surface area contributed by atoms with Crippen molar-refractivity contribution in [2.24, 2.45) is 0 Å². The molecule has 1 unspecified atom stereocenters. The minimum atomic E-state index is -0.979. The van der Waals surface area contributed by atoms with Gasteiger partial charge in [0, 0.05) is 42.5 Å². The molecule has 198 valence electrons. The van der Waals surface area contributed by atoms with Crippen molar-refractivity contribution in [1.29, 1.82) is 0 Å². The zero-order chi connectivity index (χ0) is 26.4. The predicted molar refractivity (Wildman–Crippen MR) is 143 cm³/mol. The zero-order valence-corrected chi connectivity index (χ0v) is 22.0. The molecule has 0 radical (unpaired) electrons. The third kappa shape index (κ3) is 4.24. The Morgan fingerprint density at radius 2 is 1.97 bits per heavy atom. The Bertz CT molecular complexity index is 1490. The molecule has 2 aromatic carbocycles. The molecule has 2 aromatic heterocycles. The average molecular weight is 518 g/mol. The number of esters is 1. The maximum atomic E-state index is 14.2. The molecular weight excluding hydrogens is 485 g/mol. The van der Waals surface area contributed by atoms with Crippen LogP contribution in [0.15, 0.2) is 42.9 Å². The number of rotatable bonds is 6. The highest BCUT2D eigenvalue weighted by atomic mass is 19.1. The van der Waals surface area contributed by atoms with Crippen molar-refractivity contribution in [1.82, 2.24) is 19.3 Å². The summed E-state index contributed by atoms with van der Waals surface area (Å²) in [5, 5.41) is 5.87. The number of ether oxygens (including phenoxy) is 2. The predicted octanol–water partition coefficient (Wildman–Crippen LogP) is 4.40. The van der Waals surface area contributed by atoms with Crippen molar-refractivity contribution in [3.63, 3.8) is 0 Å². The SMILES string of the molecule is CCOC(=O)C(c1ncn2c1C[C@@H](F)C2)n1cc2c(C)cc(-c3ccc(N4CCOCC4)cc3)c(C)c2n1. The van der Waals surface area contributed by atoms with Crippen molar-refractivity contribution < 1.29 is 18.7 Å². The third-order valence-corrected chi connectivity index (χ3v) is 7.65. The van der Waals surface area contributed by atoms with Crippen molar-refractivity contribution in [3.05, 3.63) is 65.4 Å². The highest BCUT2D eigenvalue weighted by Gasteiger charge is 2.35. The Morgan fingerprint density at radius 3 is 2.71 bits per heavy atom. The Balaban J connectivity index is 1.39. The Labute approximate surface area is 221 Å². The quantitative estimate of drug-likeness (QED) is 0.353. The molecule has 4 aromatic rings. The van der Waals surface area contributed by atoms with Crippen LogP contribution in [-0.4, -0.2) is 64.4 Å². The fourth-order valence-corrected chi connectivity index (χ4v) is 5.68. The van der Waals surface area contributed by atoms with Gasteiger partial charge in [-0.3, -0.25) is 4.68 Å². The molecule has 6 rings (SSSR count). The molecule has 0 saturated carbocycles. The normalized spacial score (nSPS) is 18.1. The van der Waals surface area contributed by atoms with Gasteiger partial charge in [0.1, 0.15) is 6.17 Å². The lowest BCUT2D eigenvalue weighted by atomic mass is 9.95. The molecule has 1 saturated heterocycles. The second-order valence-electron chi connectivity index (χ2n) is 10.1. The van der Waals surface area contributed by atoms with Gasteiger partial charge in [-0.15, -0.1) is 0 Å². The van der Waals surface area contributed by atoms with E-state index >= 15 is 0 Å². The number of imidazole rings is 1. The van der Waals surface area contributed by atoms with Gasteiger partial charge >= 0.3 is 5.97 Å². The Kier molecular flexibility index (Phi) is 6.39. The van der Waals surface area contributed by atoms with Gasteiger partial charge in [0.15, 0.2) is 6.04 Å². The Hall–Kier alpha value is -3.72. The summed E-state index contributed by atoms with van der Waals surface area (Å²) in [5.74, 6) is -0.446. The molecule has 0 spiro atoms. The molecule has 0 bridgehead atoms. The summed E-state index contributed by atoms with van der Waals surface area (Å²) < 4.78 is 28.5. The minimum Gasteiger partial charge on any atom is -0.464 e. The highest BCUT2D eigenvalue weighted by Crippen LogP contribution is 2.35. The third-order valence-electron chi connectivity index (χ3n) is 7.65. The summed E-state index contributed by atoms with van der Waals surface area (Å²) in [5.41, 5.74) is 7.56. The van der Waals surface area contributed by atoms with E-state index in [1.165, 1.54) is 5.69 Å². The van der Waals surface area contributed by atoms with Crippen LogP contribution in [-0.2, 0) is 27.2 Å². The van der Waals surface area contributed by atoms with Crippen molar-refractivity contribution in [3.8, 4) is 11.1 Å². The van der Waals surface area contributed by atoms with Gasteiger partial charge in [-0.05, 0) is 55.2 Å². The van der Waals surface area contributed by atoms with Crippen LogP contribution in [0.1, 0.15) is 35.5 Å². The van der Waals surface area contributed by atoms with Crippen molar-refractivity contribution in [2.45, 2.75) is 46.0 Å². The molecule has 0 N–H and O–H groups in total. The van der Waals surface area contributed by atoms with E-state index in [9.17, 15) is 9.18 Å². The van der Waals surface area contributed by atoms with Crippen LogP contribution >= 0.6 is 0 Å². The largest absolute Gasteiger partial charge is 0.464 e. The number of alkyl halides is 1. The smallest absolute Gasteiger partial charge is 0.337 e. The van der Waals surface area contributed by atoms with Crippen LogP contribution in [0.3, 0.4) is 0 Å². The second kappa shape index (κ2) is 9.87. The molecule has 9 heteroatoms. The van der Waals surface area contributed by atoms with Gasteiger partial charge in [0.2, 0.25) is 0 Å². The number of halogens is 1. The van der Waals surface area contributed by atoms with Gasteiger partial charge in [0.25, 0.3) is 0 Å². The lowest BCUT2D eigenvalue weighted by molar-refractivity contribution is -0.146. The summed E-state index contributed by atoms with van der Waals surface area (Å²) >= 11 is 0. The molecule has 8 nitrogen and oxygen atoms in total. The number of carbonyl (C=O) groups is 1. The van der Waals surface area contributed by atoms with E-state index in [2.05, 4.69) is 54.1 Å². The number of hydrogen-bond donors (Lipinski definition) is 0. The van der Waals surface area contributed by atoms with E-state index in [1.54, 1.807) is 22.5 Å². The first kappa shape index (κ1) is 24.6. The molecule has 0 amide bonds. The average Bonchev–Trinajstić information content (AvgIpc) is 3.63. The number of hydrogen-bond acceptors (Lipinski definition) is 6. The highest BCUT2D eigenvalue weighted by molar-refractivity contribution is 5.92. The van der Waals surface area contributed by atoms with Crippen LogP contribution < -0.4 is 4.90 Å². The number of nitrogens with zero attached hydrogens (tertiary/aromatic N) is 5. The molecule has 4 heterocycles. The van der Waals surface area contributed by atoms with Crippen molar-refractivity contribution >= 4 is 22.6 Å². The number of carbonyl (C=O) groups excluding carboxylic acids is 1. The maximum Gasteiger partial charge on any atom is 0.337 e. The van der Waals surface area contributed by atoms with Crippen LogP contribution in [0, 0.1) is 13.8 Å². The summed E-state index contributed by atoms with van der Waals surface area (Å²) in [6.45, 7) is 9.68. The topological polar surface area (TPSA) is 74.4 Å². The van der Waals surface area contributed by atoms with Crippen LogP contribution in [0.5, 0.6) is 0 Å². The fourth-order valence-electron chi connectivity index (χ4n) is 5.68. The number of anilines is 1. The van der Waals surface area contributed by atoms with Crippen LogP contribution in [0.2, 0.25) is 0 Å². The second-order valence-corrected chi connectivity index (χ2v) is 10.1. The molecule has 2 aliphatic heterocycles. The molecule has 2 aliphatic rings. The van der Waals surface area contributed by atoms with Crippen molar-refractivity contribution in [2.75, 3.05) is 37.8 Å². The van der Waals surface area contributed by atoms with Gasteiger partial charge in [-0.1, -0.05) is 18.2 Å². The number of fused-ring (bicyclic) bond motifs is 2. The van der Waals surface area contributed by atoms with Crippen LogP contribution in [0.4, 0.5) is 10.1 Å². The van der Waals surface area contributed by atoms with E-state index in [0.717, 1.165) is 65.2 Å². The summed E-state index contributed by atoms with van der Waals surface area (Å²) in [6.07, 6.45) is 2.75. The zero-order valence-electron chi connectivity index (χ0n) is 22.0. The lowest BCUT2D eigenvalue weighted by Crippen LogP contribution is -2.36. The minimum absolute atomic E-state index is 0.231. The van der Waals surface area contributed by atoms with Gasteiger partial charge in [-0.25, -0.2) is 14.2 Å². The Morgan fingerprint density at radius 1 is 1.21 bits per heavy atom. The van der Waals surface area contributed by atoms with E-state index in [0.29, 0.717) is 5.69 Å². The number of aromatic nitrogens is 4. The maximum absolute atomic E-state index is 14.2. The first-order valence-electron chi connectivity index (χ1n) is 13.2. The van der Waals surface area contributed by atoms with E-state index in [4.69, 9.17) is 14.6 Å². The first-order chi connectivity index (χ1) is 18.4. The van der Waals surface area contributed by atoms with E-state index in [-0.39, 0.29) is 19.6 Å². The van der Waals surface area contributed by atoms with Gasteiger partial charge in [-0.2, -0.15) is 5.10 Å². The number of aryl methyl sites for hydroxylation is 2. The molecule has 2 atom stereocenters. The monoisotopic (exact) mass is 517 g/mol. The standard InChI is InChI=1S/C29H32FN5O3/c1-4-38-29(36)28(27-25-14-21(30)15-34(25)17-31-27)35-16-24-18(2)13-23(19(3)26(24)32-35)20-5-7-22(8-6-20)33-9-11-37-12-10-33/h5-8,13,16-17,21,28H,4,9-12,14-15H2,1-3H3/t21-,28?/m1/s1. The molecular formula is C29H32FN5O3. The summed E-state index contributed by atoms with van der Waals surface area (Å²) in [7, 11) is 0. The number of morpholine rings is 1. The van der Waals surface area contributed by atoms with Gasteiger partial charge in [0.05, 0.1) is 43.9 Å². The van der Waals surface area contributed by atoms with E-state index in [1.807, 2.05) is 6.20 Å².